The van der Waals surface area contributed by atoms with Gasteiger partial charge in [-0.2, -0.15) is 0 Å². The van der Waals surface area contributed by atoms with Crippen LogP contribution in [0.1, 0.15) is 64.7 Å². The monoisotopic (exact) mass is 286 g/mol. The lowest BCUT2D eigenvalue weighted by Crippen LogP contribution is -2.47. The third-order valence-corrected chi connectivity index (χ3v) is 7.38. The zero-order valence-corrected chi connectivity index (χ0v) is 13.1. The van der Waals surface area contributed by atoms with Crippen LogP contribution in [0.4, 0.5) is 0 Å². The fourth-order valence-electron chi connectivity index (χ4n) is 6.40. The summed E-state index contributed by atoms with van der Waals surface area (Å²) < 4.78 is 0. The first-order valence-electron chi connectivity index (χ1n) is 8.92. The summed E-state index contributed by atoms with van der Waals surface area (Å²) in [7, 11) is 0. The van der Waals surface area contributed by atoms with Crippen LogP contribution in [0, 0.1) is 29.1 Å². The summed E-state index contributed by atoms with van der Waals surface area (Å²) in [5, 5.41) is 0. The molecule has 5 atom stereocenters. The number of Topliss-reactive ketones (excluding diaryl/α,β-unsaturated/α-hetero) is 1. The molecule has 4 aliphatic carbocycles. The van der Waals surface area contributed by atoms with Gasteiger partial charge in [-0.25, -0.2) is 0 Å². The van der Waals surface area contributed by atoms with Gasteiger partial charge in [-0.1, -0.05) is 12.5 Å². The number of rotatable bonds is 1. The van der Waals surface area contributed by atoms with E-state index in [1.165, 1.54) is 18.4 Å². The van der Waals surface area contributed by atoms with Gasteiger partial charge in [0, 0.05) is 18.3 Å². The van der Waals surface area contributed by atoms with E-state index >= 15 is 0 Å². The molecule has 0 saturated heterocycles. The van der Waals surface area contributed by atoms with Crippen LogP contribution in [0.25, 0.3) is 0 Å². The summed E-state index contributed by atoms with van der Waals surface area (Å²) >= 11 is 0. The van der Waals surface area contributed by atoms with Crippen molar-refractivity contribution in [1.82, 2.24) is 0 Å². The largest absolute Gasteiger partial charge is 0.299 e. The third kappa shape index (κ3) is 1.83. The molecule has 114 valence electrons. The van der Waals surface area contributed by atoms with Gasteiger partial charge < -0.3 is 0 Å². The number of carbonyl (C=O) groups excluding carboxylic acids is 2. The molecule has 0 aromatic rings. The predicted octanol–water partition coefficient (Wildman–Crippen LogP) is 4.09. The van der Waals surface area contributed by atoms with E-state index in [0.717, 1.165) is 56.8 Å². The van der Waals surface area contributed by atoms with E-state index in [0.29, 0.717) is 23.4 Å². The SMILES string of the molecule is CC[C@@]12CC[C@@H]3[C@H](CCC4=CC(=O)CC[C@H]43)[C@H]1CCC2=O. The molecule has 3 saturated carbocycles. The first-order valence-corrected chi connectivity index (χ1v) is 8.92. The van der Waals surface area contributed by atoms with Crippen molar-refractivity contribution in [2.24, 2.45) is 29.1 Å². The Labute approximate surface area is 127 Å². The molecule has 0 N–H and O–H groups in total. The minimum Gasteiger partial charge on any atom is -0.299 e. The van der Waals surface area contributed by atoms with Crippen LogP contribution < -0.4 is 0 Å². The standard InChI is InChI=1S/C19H26O2/c1-2-19-10-9-15-14-6-4-13(20)11-12(14)3-5-16(15)17(19)7-8-18(19)21/h11,14-17H,2-10H2,1H3/t14-,15+,16+,17-,19-/m1/s1. The molecule has 2 heteroatoms. The second kappa shape index (κ2) is 4.79. The van der Waals surface area contributed by atoms with Gasteiger partial charge in [0.15, 0.2) is 5.78 Å². The maximum Gasteiger partial charge on any atom is 0.155 e. The van der Waals surface area contributed by atoms with Crippen molar-refractivity contribution in [3.63, 3.8) is 0 Å². The Kier molecular flexibility index (Phi) is 3.13. The molecule has 0 spiro atoms. The predicted molar refractivity (Wildman–Crippen MR) is 81.7 cm³/mol. The van der Waals surface area contributed by atoms with Crippen molar-refractivity contribution < 1.29 is 9.59 Å². The average Bonchev–Trinajstić information content (AvgIpc) is 2.84. The molecule has 3 fully saturated rings. The Morgan fingerprint density at radius 3 is 2.71 bits per heavy atom. The van der Waals surface area contributed by atoms with Crippen LogP contribution in [0.2, 0.25) is 0 Å². The lowest BCUT2D eigenvalue weighted by atomic mass is 9.51. The van der Waals surface area contributed by atoms with Crippen LogP contribution >= 0.6 is 0 Å². The number of hydrogen-bond acceptors (Lipinski definition) is 2. The van der Waals surface area contributed by atoms with Crippen molar-refractivity contribution in [2.75, 3.05) is 0 Å². The number of ketones is 2. The first-order chi connectivity index (χ1) is 10.2. The maximum absolute atomic E-state index is 12.5. The minimum atomic E-state index is 0.0346. The normalized spacial score (nSPS) is 45.7. The molecule has 0 bridgehead atoms. The van der Waals surface area contributed by atoms with Crippen molar-refractivity contribution in [3.8, 4) is 0 Å². The van der Waals surface area contributed by atoms with Crippen molar-refractivity contribution in [2.45, 2.75) is 64.7 Å². The highest BCUT2D eigenvalue weighted by molar-refractivity contribution is 5.91. The van der Waals surface area contributed by atoms with Gasteiger partial charge >= 0.3 is 0 Å². The zero-order chi connectivity index (χ0) is 14.6. The van der Waals surface area contributed by atoms with E-state index in [-0.39, 0.29) is 5.41 Å². The molecule has 0 aromatic heterocycles. The maximum atomic E-state index is 12.5. The average molecular weight is 286 g/mol. The molecule has 4 rings (SSSR count). The highest BCUT2D eigenvalue weighted by Crippen LogP contribution is 2.61. The second-order valence-electron chi connectivity index (χ2n) is 7.81. The molecule has 2 nitrogen and oxygen atoms in total. The Hall–Kier alpha value is -0.920. The lowest BCUT2D eigenvalue weighted by molar-refractivity contribution is -0.133. The molecule has 0 amide bonds. The fourth-order valence-corrected chi connectivity index (χ4v) is 6.40. The van der Waals surface area contributed by atoms with Crippen LogP contribution in [-0.4, -0.2) is 11.6 Å². The van der Waals surface area contributed by atoms with E-state index in [9.17, 15) is 9.59 Å². The summed E-state index contributed by atoms with van der Waals surface area (Å²) in [5.41, 5.74) is 1.48. The molecule has 0 heterocycles. The molecular weight excluding hydrogens is 260 g/mol. The van der Waals surface area contributed by atoms with E-state index in [4.69, 9.17) is 0 Å². The van der Waals surface area contributed by atoms with Crippen LogP contribution in [0.5, 0.6) is 0 Å². The van der Waals surface area contributed by atoms with Crippen molar-refractivity contribution in [1.29, 1.82) is 0 Å². The number of hydrogen-bond donors (Lipinski definition) is 0. The lowest BCUT2D eigenvalue weighted by Gasteiger charge is -2.52. The number of allylic oxidation sites excluding steroid dienone is 1. The van der Waals surface area contributed by atoms with Crippen LogP contribution in [-0.2, 0) is 9.59 Å². The Morgan fingerprint density at radius 2 is 1.90 bits per heavy atom. The molecule has 0 unspecified atom stereocenters. The van der Waals surface area contributed by atoms with E-state index in [1.807, 2.05) is 6.08 Å². The van der Waals surface area contributed by atoms with E-state index in [2.05, 4.69) is 6.92 Å². The molecule has 21 heavy (non-hydrogen) atoms. The van der Waals surface area contributed by atoms with Crippen molar-refractivity contribution >= 4 is 11.6 Å². The van der Waals surface area contributed by atoms with Gasteiger partial charge in [-0.15, -0.1) is 0 Å². The molecule has 0 aliphatic heterocycles. The van der Waals surface area contributed by atoms with Crippen molar-refractivity contribution in [3.05, 3.63) is 11.6 Å². The van der Waals surface area contributed by atoms with Gasteiger partial charge in [0.2, 0.25) is 0 Å². The Bertz CT molecular complexity index is 518. The first kappa shape index (κ1) is 13.7. The second-order valence-corrected chi connectivity index (χ2v) is 7.81. The highest BCUT2D eigenvalue weighted by atomic mass is 16.1. The Balaban J connectivity index is 1.65. The molecular formula is C19H26O2. The Morgan fingerprint density at radius 1 is 1.05 bits per heavy atom. The summed E-state index contributed by atoms with van der Waals surface area (Å²) in [6.45, 7) is 2.23. The molecule has 0 aromatic carbocycles. The quantitative estimate of drug-likeness (QED) is 0.727. The van der Waals surface area contributed by atoms with E-state index in [1.54, 1.807) is 0 Å². The summed E-state index contributed by atoms with van der Waals surface area (Å²) in [5.74, 6) is 3.72. The van der Waals surface area contributed by atoms with Gasteiger partial charge in [-0.3, -0.25) is 9.59 Å². The fraction of sp³-hybridized carbons (Fsp3) is 0.789. The smallest absolute Gasteiger partial charge is 0.155 e. The summed E-state index contributed by atoms with van der Waals surface area (Å²) in [6.07, 6.45) is 11.5. The topological polar surface area (TPSA) is 34.1 Å². The molecule has 0 radical (unpaired) electrons. The highest BCUT2D eigenvalue weighted by Gasteiger charge is 2.57. The van der Waals surface area contributed by atoms with Crippen LogP contribution in [0.3, 0.4) is 0 Å². The molecule has 4 aliphatic rings. The van der Waals surface area contributed by atoms with Gasteiger partial charge in [0.05, 0.1) is 0 Å². The van der Waals surface area contributed by atoms with Crippen LogP contribution in [0.15, 0.2) is 11.6 Å². The zero-order valence-electron chi connectivity index (χ0n) is 13.1. The van der Waals surface area contributed by atoms with Gasteiger partial charge in [0.25, 0.3) is 0 Å². The summed E-state index contributed by atoms with van der Waals surface area (Å²) in [4.78, 5) is 24.2. The van der Waals surface area contributed by atoms with Gasteiger partial charge in [0.1, 0.15) is 5.78 Å². The minimum absolute atomic E-state index is 0.0346. The van der Waals surface area contributed by atoms with Gasteiger partial charge in [-0.05, 0) is 74.7 Å². The number of carbonyl (C=O) groups is 2. The number of fused-ring (bicyclic) bond motifs is 5. The third-order valence-electron chi connectivity index (χ3n) is 7.38. The summed E-state index contributed by atoms with van der Waals surface area (Å²) in [6, 6.07) is 0. The van der Waals surface area contributed by atoms with E-state index < -0.39 is 0 Å².